The first-order valence-corrected chi connectivity index (χ1v) is 6.46. The largest absolute Gasteiger partial charge is 0.384 e. The molecule has 2 rings (SSSR count). The van der Waals surface area contributed by atoms with Crippen LogP contribution in [0.25, 0.3) is 0 Å². The van der Waals surface area contributed by atoms with E-state index < -0.39 is 11.4 Å². The quantitative estimate of drug-likeness (QED) is 0.894. The van der Waals surface area contributed by atoms with Crippen molar-refractivity contribution in [2.75, 3.05) is 0 Å². The van der Waals surface area contributed by atoms with E-state index in [0.717, 1.165) is 4.88 Å². The number of aliphatic hydroxyl groups is 1. The third kappa shape index (κ3) is 2.68. The van der Waals surface area contributed by atoms with Crippen LogP contribution >= 0.6 is 22.9 Å². The van der Waals surface area contributed by atoms with E-state index in [1.807, 2.05) is 17.5 Å². The highest BCUT2D eigenvalue weighted by Crippen LogP contribution is 2.30. The molecule has 4 heteroatoms. The Morgan fingerprint density at radius 2 is 2.12 bits per heavy atom. The molecule has 0 bridgehead atoms. The van der Waals surface area contributed by atoms with Gasteiger partial charge in [-0.3, -0.25) is 0 Å². The van der Waals surface area contributed by atoms with Crippen LogP contribution in [0.15, 0.2) is 35.7 Å². The predicted octanol–water partition coefficient (Wildman–Crippen LogP) is 3.99. The molecule has 0 aliphatic heterocycles. The Morgan fingerprint density at radius 3 is 2.76 bits per heavy atom. The van der Waals surface area contributed by atoms with Gasteiger partial charge in [0, 0.05) is 11.3 Å². The van der Waals surface area contributed by atoms with Crippen LogP contribution < -0.4 is 0 Å². The minimum absolute atomic E-state index is 0.0875. The monoisotopic (exact) mass is 270 g/mol. The van der Waals surface area contributed by atoms with Gasteiger partial charge in [0.25, 0.3) is 0 Å². The van der Waals surface area contributed by atoms with E-state index >= 15 is 0 Å². The van der Waals surface area contributed by atoms with Crippen molar-refractivity contribution in [2.24, 2.45) is 0 Å². The van der Waals surface area contributed by atoms with Crippen molar-refractivity contribution >= 4 is 22.9 Å². The molecule has 0 saturated heterocycles. The van der Waals surface area contributed by atoms with Gasteiger partial charge in [-0.15, -0.1) is 11.3 Å². The zero-order valence-electron chi connectivity index (χ0n) is 9.28. The van der Waals surface area contributed by atoms with Crippen molar-refractivity contribution in [1.82, 2.24) is 0 Å². The summed E-state index contributed by atoms with van der Waals surface area (Å²) in [7, 11) is 0. The van der Waals surface area contributed by atoms with E-state index in [9.17, 15) is 9.50 Å². The Bertz CT molecular complexity index is 508. The SMILES string of the molecule is CC(O)(Cc1cccc(Cl)c1F)c1cccs1. The molecule has 0 radical (unpaired) electrons. The van der Waals surface area contributed by atoms with Crippen LogP contribution in [0.3, 0.4) is 0 Å². The maximum atomic E-state index is 13.7. The average molecular weight is 271 g/mol. The van der Waals surface area contributed by atoms with Crippen LogP contribution in [-0.4, -0.2) is 5.11 Å². The first kappa shape index (κ1) is 12.6. The molecule has 0 amide bonds. The second-order valence-electron chi connectivity index (χ2n) is 4.14. The van der Waals surface area contributed by atoms with Gasteiger partial charge in [-0.1, -0.05) is 29.8 Å². The standard InChI is InChI=1S/C13H12ClFOS/c1-13(16,11-6-3-7-17-11)8-9-4-2-5-10(14)12(9)15/h2-7,16H,8H2,1H3. The zero-order chi connectivity index (χ0) is 12.5. The number of halogens is 2. The van der Waals surface area contributed by atoms with Crippen molar-refractivity contribution in [1.29, 1.82) is 0 Å². The molecule has 1 aromatic carbocycles. The molecule has 1 atom stereocenters. The van der Waals surface area contributed by atoms with E-state index in [1.54, 1.807) is 19.1 Å². The van der Waals surface area contributed by atoms with Crippen molar-refractivity contribution in [3.8, 4) is 0 Å². The fourth-order valence-corrected chi connectivity index (χ4v) is 2.71. The van der Waals surface area contributed by atoms with E-state index in [4.69, 9.17) is 11.6 Å². The Hall–Kier alpha value is -0.900. The first-order chi connectivity index (χ1) is 8.00. The van der Waals surface area contributed by atoms with Crippen LogP contribution in [0.4, 0.5) is 4.39 Å². The predicted molar refractivity (Wildman–Crippen MR) is 69.0 cm³/mol. The van der Waals surface area contributed by atoms with Gasteiger partial charge in [0.2, 0.25) is 0 Å². The minimum atomic E-state index is -1.07. The molecule has 1 heterocycles. The summed E-state index contributed by atoms with van der Waals surface area (Å²) < 4.78 is 13.7. The molecular formula is C13H12ClFOS. The molecule has 1 nitrogen and oxygen atoms in total. The van der Waals surface area contributed by atoms with E-state index in [2.05, 4.69) is 0 Å². The maximum absolute atomic E-state index is 13.7. The van der Waals surface area contributed by atoms with E-state index in [1.165, 1.54) is 17.4 Å². The van der Waals surface area contributed by atoms with E-state index in [-0.39, 0.29) is 11.4 Å². The summed E-state index contributed by atoms with van der Waals surface area (Å²) in [5, 5.41) is 12.3. The maximum Gasteiger partial charge on any atom is 0.145 e. The lowest BCUT2D eigenvalue weighted by atomic mass is 9.94. The molecule has 1 aromatic heterocycles. The van der Waals surface area contributed by atoms with Crippen LogP contribution in [0.1, 0.15) is 17.4 Å². The van der Waals surface area contributed by atoms with Gasteiger partial charge in [0.1, 0.15) is 11.4 Å². The van der Waals surface area contributed by atoms with Gasteiger partial charge in [-0.2, -0.15) is 0 Å². The summed E-state index contributed by atoms with van der Waals surface area (Å²) in [6.07, 6.45) is 0.208. The Balaban J connectivity index is 2.29. The highest BCUT2D eigenvalue weighted by atomic mass is 35.5. The molecule has 0 fully saturated rings. The van der Waals surface area contributed by atoms with Gasteiger partial charge < -0.3 is 5.11 Å². The third-order valence-corrected chi connectivity index (χ3v) is 4.03. The zero-order valence-corrected chi connectivity index (χ0v) is 10.9. The Morgan fingerprint density at radius 1 is 1.35 bits per heavy atom. The normalized spacial score (nSPS) is 14.6. The molecule has 0 spiro atoms. The second kappa shape index (κ2) is 4.77. The highest BCUT2D eigenvalue weighted by Gasteiger charge is 2.26. The van der Waals surface area contributed by atoms with E-state index in [0.29, 0.717) is 5.56 Å². The van der Waals surface area contributed by atoms with Crippen molar-refractivity contribution in [2.45, 2.75) is 18.9 Å². The summed E-state index contributed by atoms with van der Waals surface area (Å²) >= 11 is 7.17. The molecule has 0 saturated carbocycles. The molecule has 0 aliphatic carbocycles. The highest BCUT2D eigenvalue weighted by molar-refractivity contribution is 7.10. The molecule has 2 aromatic rings. The van der Waals surface area contributed by atoms with Crippen LogP contribution in [0, 0.1) is 5.82 Å². The number of hydrogen-bond donors (Lipinski definition) is 1. The summed E-state index contributed by atoms with van der Waals surface area (Å²) in [6.45, 7) is 1.68. The number of benzene rings is 1. The molecule has 1 N–H and O–H groups in total. The number of hydrogen-bond acceptors (Lipinski definition) is 2. The lowest BCUT2D eigenvalue weighted by Crippen LogP contribution is -2.23. The first-order valence-electron chi connectivity index (χ1n) is 5.20. The lowest BCUT2D eigenvalue weighted by Gasteiger charge is -2.22. The Labute approximate surface area is 108 Å². The molecule has 1 unspecified atom stereocenters. The Kier molecular flexibility index (Phi) is 3.52. The fraction of sp³-hybridized carbons (Fsp3) is 0.231. The fourth-order valence-electron chi connectivity index (χ4n) is 1.73. The van der Waals surface area contributed by atoms with Gasteiger partial charge in [0.05, 0.1) is 5.02 Å². The summed E-state index contributed by atoms with van der Waals surface area (Å²) in [5.74, 6) is -0.453. The third-order valence-electron chi connectivity index (χ3n) is 2.62. The smallest absolute Gasteiger partial charge is 0.145 e. The van der Waals surface area contributed by atoms with Crippen molar-refractivity contribution in [3.05, 3.63) is 57.0 Å². The molecule has 17 heavy (non-hydrogen) atoms. The average Bonchev–Trinajstić information content (AvgIpc) is 2.78. The van der Waals surface area contributed by atoms with Crippen molar-refractivity contribution in [3.63, 3.8) is 0 Å². The van der Waals surface area contributed by atoms with Gasteiger partial charge in [-0.25, -0.2) is 4.39 Å². The summed E-state index contributed by atoms with van der Waals surface area (Å²) in [6, 6.07) is 8.53. The topological polar surface area (TPSA) is 20.2 Å². The van der Waals surface area contributed by atoms with Gasteiger partial charge >= 0.3 is 0 Å². The minimum Gasteiger partial charge on any atom is -0.384 e. The molecule has 90 valence electrons. The second-order valence-corrected chi connectivity index (χ2v) is 5.50. The molecule has 0 aliphatic rings. The van der Waals surface area contributed by atoms with Crippen LogP contribution in [0.2, 0.25) is 5.02 Å². The van der Waals surface area contributed by atoms with Crippen molar-refractivity contribution < 1.29 is 9.50 Å². The van der Waals surface area contributed by atoms with Crippen LogP contribution in [0.5, 0.6) is 0 Å². The summed E-state index contributed by atoms with van der Waals surface area (Å²) in [5.41, 5.74) is -0.643. The van der Waals surface area contributed by atoms with Gasteiger partial charge in [0.15, 0.2) is 0 Å². The van der Waals surface area contributed by atoms with Crippen LogP contribution in [-0.2, 0) is 12.0 Å². The lowest BCUT2D eigenvalue weighted by molar-refractivity contribution is 0.0605. The number of rotatable bonds is 3. The number of thiophene rings is 1. The summed E-state index contributed by atoms with van der Waals surface area (Å²) in [4.78, 5) is 0.817. The molecular weight excluding hydrogens is 259 g/mol. The van der Waals surface area contributed by atoms with Gasteiger partial charge in [-0.05, 0) is 30.0 Å².